The Morgan fingerprint density at radius 1 is 0.950 bits per heavy atom. The van der Waals surface area contributed by atoms with Gasteiger partial charge < -0.3 is 15.4 Å². The Bertz CT molecular complexity index is 1880. The highest BCUT2D eigenvalue weighted by molar-refractivity contribution is 6.36. The number of fused-ring (bicyclic) bond motifs is 1. The predicted octanol–water partition coefficient (Wildman–Crippen LogP) is 4.79. The van der Waals surface area contributed by atoms with Gasteiger partial charge in [0, 0.05) is 49.2 Å². The summed E-state index contributed by atoms with van der Waals surface area (Å²) >= 11 is 7.01. The molecule has 10 heteroatoms. The smallest absolute Gasteiger partial charge is 0.330 e. The molecule has 2 aromatic carbocycles. The Balaban J connectivity index is 1.59. The van der Waals surface area contributed by atoms with Gasteiger partial charge in [0.15, 0.2) is 0 Å². The molecule has 0 amide bonds. The van der Waals surface area contributed by atoms with Crippen LogP contribution in [-0.4, -0.2) is 33.3 Å². The third-order valence-corrected chi connectivity index (χ3v) is 7.44. The summed E-state index contributed by atoms with van der Waals surface area (Å²) in [7, 11) is 6.57. The Hall–Kier alpha value is -4.47. The Labute approximate surface area is 236 Å². The maximum atomic E-state index is 13.0. The molecule has 0 saturated carbocycles. The molecule has 0 fully saturated rings. The first-order chi connectivity index (χ1) is 19.3. The third-order valence-electron chi connectivity index (χ3n) is 7.03. The number of nitrogens with zero attached hydrogens (tertiary/aromatic N) is 4. The molecule has 2 N–H and O–H groups in total. The SMILES string of the molecule is CNCc1ccc(-c2cccc(-c3cccc(Nc4nccc5c4c(=O)n(C)c(=O)n5C)c3C)c2Cl)nc1OC. The van der Waals surface area contributed by atoms with Crippen LogP contribution < -0.4 is 26.6 Å². The average molecular weight is 557 g/mol. The first-order valence-electron chi connectivity index (χ1n) is 12.7. The van der Waals surface area contributed by atoms with Gasteiger partial charge in [0.05, 0.1) is 23.3 Å². The van der Waals surface area contributed by atoms with E-state index in [2.05, 4.69) is 15.6 Å². The molecule has 0 saturated heterocycles. The minimum absolute atomic E-state index is 0.332. The predicted molar refractivity (Wildman–Crippen MR) is 160 cm³/mol. The lowest BCUT2D eigenvalue weighted by Crippen LogP contribution is -2.37. The average Bonchev–Trinajstić information content (AvgIpc) is 2.96. The number of hydrogen-bond donors (Lipinski definition) is 2. The van der Waals surface area contributed by atoms with Crippen LogP contribution >= 0.6 is 11.6 Å². The molecule has 0 aliphatic carbocycles. The van der Waals surface area contributed by atoms with Crippen LogP contribution in [0.3, 0.4) is 0 Å². The zero-order valence-electron chi connectivity index (χ0n) is 22.9. The van der Waals surface area contributed by atoms with Crippen molar-refractivity contribution in [1.82, 2.24) is 24.4 Å². The van der Waals surface area contributed by atoms with Gasteiger partial charge in [-0.2, -0.15) is 0 Å². The van der Waals surface area contributed by atoms with Gasteiger partial charge >= 0.3 is 5.69 Å². The number of benzene rings is 2. The van der Waals surface area contributed by atoms with E-state index >= 15 is 0 Å². The minimum atomic E-state index is -0.415. The summed E-state index contributed by atoms with van der Waals surface area (Å²) < 4.78 is 8.03. The van der Waals surface area contributed by atoms with Crippen LogP contribution in [0.2, 0.25) is 5.02 Å². The molecule has 0 aliphatic rings. The number of methoxy groups -OCH3 is 1. The van der Waals surface area contributed by atoms with E-state index in [0.717, 1.165) is 38.1 Å². The zero-order chi connectivity index (χ0) is 28.6. The standard InChI is InChI=1S/C30H29ClN6O3/c1-17-19(20-9-6-10-21(26(20)31)23-13-12-18(16-32-2)28(35-23)40-5)8-7-11-22(17)34-27-25-24(14-15-33-27)36(3)30(39)37(4)29(25)38/h6-15,32H,16H2,1-5H3,(H,33,34). The summed E-state index contributed by atoms with van der Waals surface area (Å²) in [5, 5.41) is 7.33. The van der Waals surface area contributed by atoms with E-state index in [1.54, 1.807) is 26.4 Å². The number of aromatic nitrogens is 4. The molecular formula is C30H29ClN6O3. The topological polar surface area (TPSA) is 103 Å². The van der Waals surface area contributed by atoms with Gasteiger partial charge in [0.25, 0.3) is 5.56 Å². The number of halogens is 1. The second-order valence-electron chi connectivity index (χ2n) is 9.42. The highest BCUT2D eigenvalue weighted by Gasteiger charge is 2.18. The van der Waals surface area contributed by atoms with Crippen molar-refractivity contribution in [1.29, 1.82) is 0 Å². The molecule has 40 heavy (non-hydrogen) atoms. The van der Waals surface area contributed by atoms with E-state index in [1.165, 1.54) is 11.6 Å². The van der Waals surface area contributed by atoms with Crippen molar-refractivity contribution in [3.8, 4) is 28.3 Å². The molecule has 5 rings (SSSR count). The number of anilines is 2. The number of hydrogen-bond acceptors (Lipinski definition) is 7. The normalized spacial score (nSPS) is 11.2. The van der Waals surface area contributed by atoms with Gasteiger partial charge in [-0.15, -0.1) is 0 Å². The van der Waals surface area contributed by atoms with E-state index in [4.69, 9.17) is 21.3 Å². The van der Waals surface area contributed by atoms with Gasteiger partial charge in [0.1, 0.15) is 11.2 Å². The van der Waals surface area contributed by atoms with E-state index in [1.807, 2.05) is 62.5 Å². The molecule has 0 radical (unpaired) electrons. The van der Waals surface area contributed by atoms with E-state index in [9.17, 15) is 9.59 Å². The largest absolute Gasteiger partial charge is 0.481 e. The fraction of sp³-hybridized carbons (Fsp3) is 0.200. The summed E-state index contributed by atoms with van der Waals surface area (Å²) in [6, 6.07) is 17.2. The first-order valence-corrected chi connectivity index (χ1v) is 13.0. The van der Waals surface area contributed by atoms with Crippen LogP contribution in [0.25, 0.3) is 33.3 Å². The van der Waals surface area contributed by atoms with Crippen molar-refractivity contribution in [3.63, 3.8) is 0 Å². The van der Waals surface area contributed by atoms with E-state index in [-0.39, 0.29) is 0 Å². The lowest BCUT2D eigenvalue weighted by Gasteiger charge is -2.17. The Kier molecular flexibility index (Phi) is 7.42. The Morgan fingerprint density at radius 3 is 2.42 bits per heavy atom. The summed E-state index contributed by atoms with van der Waals surface area (Å²) in [6.07, 6.45) is 1.58. The first kappa shape index (κ1) is 27.1. The van der Waals surface area contributed by atoms with Crippen molar-refractivity contribution < 1.29 is 4.74 Å². The fourth-order valence-electron chi connectivity index (χ4n) is 4.87. The fourth-order valence-corrected chi connectivity index (χ4v) is 5.19. The molecular weight excluding hydrogens is 528 g/mol. The maximum absolute atomic E-state index is 13.0. The summed E-state index contributed by atoms with van der Waals surface area (Å²) in [5.74, 6) is 0.911. The van der Waals surface area contributed by atoms with Crippen LogP contribution in [0.15, 0.2) is 70.4 Å². The zero-order valence-corrected chi connectivity index (χ0v) is 23.6. The lowest BCUT2D eigenvalue weighted by atomic mass is 9.96. The van der Waals surface area contributed by atoms with E-state index < -0.39 is 11.2 Å². The molecule has 0 atom stereocenters. The summed E-state index contributed by atoms with van der Waals surface area (Å²) in [4.78, 5) is 34.6. The van der Waals surface area contributed by atoms with Gasteiger partial charge in [0.2, 0.25) is 5.88 Å². The molecule has 9 nitrogen and oxygen atoms in total. The second-order valence-corrected chi connectivity index (χ2v) is 9.80. The third kappa shape index (κ3) is 4.63. The van der Waals surface area contributed by atoms with Crippen molar-refractivity contribution in [2.75, 3.05) is 19.5 Å². The summed E-state index contributed by atoms with van der Waals surface area (Å²) in [6.45, 7) is 2.62. The molecule has 3 heterocycles. The van der Waals surface area contributed by atoms with Crippen molar-refractivity contribution in [2.45, 2.75) is 13.5 Å². The Morgan fingerprint density at radius 2 is 1.68 bits per heavy atom. The van der Waals surface area contributed by atoms with Crippen molar-refractivity contribution in [3.05, 3.63) is 97.8 Å². The monoisotopic (exact) mass is 556 g/mol. The van der Waals surface area contributed by atoms with Crippen molar-refractivity contribution >= 4 is 34.0 Å². The number of ether oxygens (including phenoxy) is 1. The van der Waals surface area contributed by atoms with Gasteiger partial charge in [-0.05, 0) is 43.3 Å². The number of aryl methyl sites for hydroxylation is 1. The molecule has 5 aromatic rings. The van der Waals surface area contributed by atoms with Crippen LogP contribution in [0.5, 0.6) is 5.88 Å². The number of pyridine rings is 2. The van der Waals surface area contributed by atoms with Gasteiger partial charge in [-0.25, -0.2) is 14.8 Å². The number of nitrogens with one attached hydrogen (secondary N) is 2. The molecule has 0 bridgehead atoms. The van der Waals surface area contributed by atoms with Crippen LogP contribution in [0.1, 0.15) is 11.1 Å². The van der Waals surface area contributed by atoms with Crippen molar-refractivity contribution in [2.24, 2.45) is 14.1 Å². The highest BCUT2D eigenvalue weighted by atomic mass is 35.5. The van der Waals surface area contributed by atoms with Crippen LogP contribution in [0, 0.1) is 6.92 Å². The van der Waals surface area contributed by atoms with Crippen LogP contribution in [0.4, 0.5) is 11.5 Å². The van der Waals surface area contributed by atoms with Gasteiger partial charge in [-0.3, -0.25) is 13.9 Å². The second kappa shape index (κ2) is 11.0. The minimum Gasteiger partial charge on any atom is -0.481 e. The molecule has 0 spiro atoms. The van der Waals surface area contributed by atoms with Crippen LogP contribution in [-0.2, 0) is 20.6 Å². The highest BCUT2D eigenvalue weighted by Crippen LogP contribution is 2.39. The molecule has 204 valence electrons. The molecule has 0 unspecified atom stereocenters. The maximum Gasteiger partial charge on any atom is 0.330 e. The van der Waals surface area contributed by atoms with Gasteiger partial charge in [-0.1, -0.05) is 48.0 Å². The number of rotatable bonds is 7. The van der Waals surface area contributed by atoms with E-state index in [0.29, 0.717) is 39.9 Å². The quantitative estimate of drug-likeness (QED) is 0.297. The lowest BCUT2D eigenvalue weighted by molar-refractivity contribution is 0.392. The molecule has 3 aromatic heterocycles. The summed E-state index contributed by atoms with van der Waals surface area (Å²) in [5.41, 5.74) is 5.55. The molecule has 0 aliphatic heterocycles.